The van der Waals surface area contributed by atoms with Crippen molar-refractivity contribution in [1.29, 1.82) is 0 Å². The molecule has 0 saturated carbocycles. The summed E-state index contributed by atoms with van der Waals surface area (Å²) >= 11 is 0. The van der Waals surface area contributed by atoms with Gasteiger partial charge in [-0.3, -0.25) is 4.79 Å². The highest BCUT2D eigenvalue weighted by Crippen LogP contribution is 2.14. The summed E-state index contributed by atoms with van der Waals surface area (Å²) in [6, 6.07) is 13.8. The number of nitrogens with one attached hydrogen (secondary N) is 1. The summed E-state index contributed by atoms with van der Waals surface area (Å²) in [4.78, 5) is 12.1. The average molecular weight is 296 g/mol. The zero-order chi connectivity index (χ0) is 15.5. The number of anilines is 1. The van der Waals surface area contributed by atoms with Gasteiger partial charge in [0.1, 0.15) is 5.82 Å². The van der Waals surface area contributed by atoms with E-state index in [1.807, 2.05) is 30.3 Å². The van der Waals surface area contributed by atoms with Crippen molar-refractivity contribution in [2.45, 2.75) is 6.92 Å². The first-order valence-electron chi connectivity index (χ1n) is 6.69. The number of aromatic nitrogens is 3. The minimum atomic E-state index is -0.439. The van der Waals surface area contributed by atoms with Crippen molar-refractivity contribution in [3.05, 3.63) is 71.8 Å². The van der Waals surface area contributed by atoms with Gasteiger partial charge in [0.25, 0.3) is 5.91 Å². The second-order valence-corrected chi connectivity index (χ2v) is 4.80. The standard InChI is InChI=1S/C16H13FN4O/c1-11-7-8-12(9-14(11)17)18-16(22)15-10-21(20-19-15)13-5-3-2-4-6-13/h2-10H,1H3,(H,18,22). The van der Waals surface area contributed by atoms with Gasteiger partial charge in [0, 0.05) is 5.69 Å². The third-order valence-electron chi connectivity index (χ3n) is 3.18. The Morgan fingerprint density at radius 1 is 1.18 bits per heavy atom. The molecule has 0 spiro atoms. The number of amides is 1. The first-order valence-corrected chi connectivity index (χ1v) is 6.69. The predicted octanol–water partition coefficient (Wildman–Crippen LogP) is 2.97. The maximum Gasteiger partial charge on any atom is 0.277 e. The maximum absolute atomic E-state index is 13.5. The summed E-state index contributed by atoms with van der Waals surface area (Å²) < 4.78 is 15.0. The number of rotatable bonds is 3. The van der Waals surface area contributed by atoms with Gasteiger partial charge in [-0.1, -0.05) is 29.5 Å². The first kappa shape index (κ1) is 13.9. The normalized spacial score (nSPS) is 10.5. The van der Waals surface area contributed by atoms with Gasteiger partial charge in [0.2, 0.25) is 0 Å². The number of benzene rings is 2. The minimum Gasteiger partial charge on any atom is -0.320 e. The molecule has 1 aromatic heterocycles. The second-order valence-electron chi connectivity index (χ2n) is 4.80. The number of para-hydroxylation sites is 1. The van der Waals surface area contributed by atoms with Crippen molar-refractivity contribution in [2.24, 2.45) is 0 Å². The fourth-order valence-corrected chi connectivity index (χ4v) is 1.94. The number of hydrogen-bond acceptors (Lipinski definition) is 3. The number of carbonyl (C=O) groups excluding carboxylic acids is 1. The Morgan fingerprint density at radius 2 is 1.95 bits per heavy atom. The largest absolute Gasteiger partial charge is 0.320 e. The molecule has 1 N–H and O–H groups in total. The highest BCUT2D eigenvalue weighted by atomic mass is 19.1. The van der Waals surface area contributed by atoms with Crippen molar-refractivity contribution < 1.29 is 9.18 Å². The van der Waals surface area contributed by atoms with Crippen LogP contribution in [0.15, 0.2) is 54.7 Å². The van der Waals surface area contributed by atoms with E-state index in [0.29, 0.717) is 11.3 Å². The Labute approximate surface area is 126 Å². The molecule has 5 nitrogen and oxygen atoms in total. The van der Waals surface area contributed by atoms with Crippen LogP contribution in [0.3, 0.4) is 0 Å². The van der Waals surface area contributed by atoms with Gasteiger partial charge in [-0.2, -0.15) is 0 Å². The Morgan fingerprint density at radius 3 is 2.68 bits per heavy atom. The summed E-state index contributed by atoms with van der Waals surface area (Å²) in [5, 5.41) is 10.3. The van der Waals surface area contributed by atoms with E-state index in [0.717, 1.165) is 5.69 Å². The number of aryl methyl sites for hydroxylation is 1. The lowest BCUT2D eigenvalue weighted by Gasteiger charge is -2.04. The van der Waals surface area contributed by atoms with Gasteiger partial charge in [-0.25, -0.2) is 9.07 Å². The lowest BCUT2D eigenvalue weighted by Crippen LogP contribution is -2.12. The van der Waals surface area contributed by atoms with E-state index in [9.17, 15) is 9.18 Å². The summed E-state index contributed by atoms with van der Waals surface area (Å²) in [6.07, 6.45) is 1.52. The van der Waals surface area contributed by atoms with E-state index in [-0.39, 0.29) is 11.5 Å². The average Bonchev–Trinajstić information content (AvgIpc) is 3.02. The molecule has 0 bridgehead atoms. The molecular weight excluding hydrogens is 283 g/mol. The molecule has 0 unspecified atom stereocenters. The Balaban J connectivity index is 1.78. The van der Waals surface area contributed by atoms with E-state index in [4.69, 9.17) is 0 Å². The smallest absolute Gasteiger partial charge is 0.277 e. The lowest BCUT2D eigenvalue weighted by molar-refractivity contribution is 0.102. The van der Waals surface area contributed by atoms with Gasteiger partial charge in [0.05, 0.1) is 11.9 Å². The predicted molar refractivity (Wildman–Crippen MR) is 80.4 cm³/mol. The number of nitrogens with zero attached hydrogens (tertiary/aromatic N) is 3. The molecule has 110 valence electrons. The van der Waals surface area contributed by atoms with Gasteiger partial charge in [0.15, 0.2) is 5.69 Å². The molecule has 22 heavy (non-hydrogen) atoms. The molecule has 0 atom stereocenters. The third-order valence-corrected chi connectivity index (χ3v) is 3.18. The van der Waals surface area contributed by atoms with E-state index in [1.54, 1.807) is 19.1 Å². The second kappa shape index (κ2) is 5.77. The molecule has 0 aliphatic carbocycles. The molecule has 0 radical (unpaired) electrons. The van der Waals surface area contributed by atoms with Gasteiger partial charge < -0.3 is 5.32 Å². The van der Waals surface area contributed by atoms with Crippen LogP contribution in [0, 0.1) is 12.7 Å². The summed E-state index contributed by atoms with van der Waals surface area (Å²) in [5.41, 5.74) is 1.86. The highest BCUT2D eigenvalue weighted by molar-refractivity contribution is 6.02. The van der Waals surface area contributed by atoms with Crippen LogP contribution >= 0.6 is 0 Å². The lowest BCUT2D eigenvalue weighted by atomic mass is 10.2. The fourth-order valence-electron chi connectivity index (χ4n) is 1.94. The van der Waals surface area contributed by atoms with E-state index in [2.05, 4.69) is 15.6 Å². The van der Waals surface area contributed by atoms with Crippen molar-refractivity contribution in [3.8, 4) is 5.69 Å². The van der Waals surface area contributed by atoms with E-state index >= 15 is 0 Å². The Hall–Kier alpha value is -3.02. The van der Waals surface area contributed by atoms with Crippen LogP contribution in [0.2, 0.25) is 0 Å². The van der Waals surface area contributed by atoms with Crippen LogP contribution in [0.1, 0.15) is 16.1 Å². The number of carbonyl (C=O) groups is 1. The molecule has 1 heterocycles. The van der Waals surface area contributed by atoms with Gasteiger partial charge >= 0.3 is 0 Å². The Kier molecular flexibility index (Phi) is 3.65. The molecular formula is C16H13FN4O. The molecule has 3 rings (SSSR count). The van der Waals surface area contributed by atoms with Crippen molar-refractivity contribution in [1.82, 2.24) is 15.0 Å². The number of hydrogen-bond donors (Lipinski definition) is 1. The van der Waals surface area contributed by atoms with Gasteiger partial charge in [-0.05, 0) is 36.8 Å². The zero-order valence-corrected chi connectivity index (χ0v) is 11.8. The summed E-state index contributed by atoms with van der Waals surface area (Å²) in [6.45, 7) is 1.66. The first-order chi connectivity index (χ1) is 10.6. The molecule has 6 heteroatoms. The van der Waals surface area contributed by atoms with Crippen LogP contribution < -0.4 is 5.32 Å². The number of halogens is 1. The van der Waals surface area contributed by atoms with E-state index in [1.165, 1.54) is 16.9 Å². The van der Waals surface area contributed by atoms with E-state index < -0.39 is 5.91 Å². The summed E-state index contributed by atoms with van der Waals surface area (Å²) in [5.74, 6) is -0.809. The molecule has 0 aliphatic heterocycles. The van der Waals surface area contributed by atoms with Crippen molar-refractivity contribution in [3.63, 3.8) is 0 Å². The monoisotopic (exact) mass is 296 g/mol. The van der Waals surface area contributed by atoms with Crippen LogP contribution in [-0.2, 0) is 0 Å². The molecule has 0 aliphatic rings. The topological polar surface area (TPSA) is 59.8 Å². The minimum absolute atomic E-state index is 0.157. The maximum atomic E-state index is 13.5. The Bertz CT molecular complexity index is 814. The molecule has 0 saturated heterocycles. The fraction of sp³-hybridized carbons (Fsp3) is 0.0625. The van der Waals surface area contributed by atoms with Gasteiger partial charge in [-0.15, -0.1) is 5.10 Å². The summed E-state index contributed by atoms with van der Waals surface area (Å²) in [7, 11) is 0. The van der Waals surface area contributed by atoms with Crippen LogP contribution in [0.25, 0.3) is 5.69 Å². The molecule has 3 aromatic rings. The van der Waals surface area contributed by atoms with Crippen LogP contribution in [0.4, 0.5) is 10.1 Å². The quantitative estimate of drug-likeness (QED) is 0.808. The highest BCUT2D eigenvalue weighted by Gasteiger charge is 2.12. The molecule has 0 fully saturated rings. The SMILES string of the molecule is Cc1ccc(NC(=O)c2cn(-c3ccccc3)nn2)cc1F. The third kappa shape index (κ3) is 2.85. The van der Waals surface area contributed by atoms with Crippen molar-refractivity contribution in [2.75, 3.05) is 5.32 Å². The van der Waals surface area contributed by atoms with Crippen molar-refractivity contribution >= 4 is 11.6 Å². The molecule has 1 amide bonds. The van der Waals surface area contributed by atoms with Crippen LogP contribution in [0.5, 0.6) is 0 Å². The molecule has 2 aromatic carbocycles. The zero-order valence-electron chi connectivity index (χ0n) is 11.8. The van der Waals surface area contributed by atoms with Crippen LogP contribution in [-0.4, -0.2) is 20.9 Å².